The normalized spacial score (nSPS) is 15.8. The molecule has 1 N–H and O–H groups in total. The van der Waals surface area contributed by atoms with Crippen molar-refractivity contribution >= 4 is 39.1 Å². The lowest BCUT2D eigenvalue weighted by Crippen LogP contribution is -2.20. The molecule has 1 aliphatic heterocycles. The number of benzene rings is 1. The van der Waals surface area contributed by atoms with E-state index in [4.69, 9.17) is 11.6 Å². The monoisotopic (exact) mass is 490 g/mol. The minimum Gasteiger partial charge on any atom is -0.467 e. The van der Waals surface area contributed by atoms with E-state index >= 15 is 0 Å². The van der Waals surface area contributed by atoms with Crippen molar-refractivity contribution in [1.29, 1.82) is 0 Å². The molecule has 172 valence electrons. The maximum absolute atomic E-state index is 12.5. The predicted molar refractivity (Wildman–Crippen MR) is 112 cm³/mol. The Morgan fingerprint density at radius 3 is 2.56 bits per heavy atom. The van der Waals surface area contributed by atoms with Gasteiger partial charge in [0.25, 0.3) is 15.9 Å². The van der Waals surface area contributed by atoms with Gasteiger partial charge in [0, 0.05) is 31.9 Å². The molecular formula is C19H18ClF3N4O4S. The zero-order valence-corrected chi connectivity index (χ0v) is 18.3. The number of sulfonamides is 1. The topological polar surface area (TPSA) is 101 Å². The molecule has 2 heterocycles. The first-order chi connectivity index (χ1) is 14.9. The zero-order chi connectivity index (χ0) is 23.5. The largest absolute Gasteiger partial charge is 0.467 e. The van der Waals surface area contributed by atoms with E-state index in [1.54, 1.807) is 11.9 Å². The number of hydrogen-bond acceptors (Lipinski definition) is 5. The van der Waals surface area contributed by atoms with Crippen LogP contribution in [0.25, 0.3) is 0 Å². The van der Waals surface area contributed by atoms with Gasteiger partial charge < -0.3 is 15.0 Å². The van der Waals surface area contributed by atoms with Crippen LogP contribution in [0.3, 0.4) is 0 Å². The Bertz CT molecular complexity index is 1140. The third-order valence-corrected chi connectivity index (χ3v) is 6.00. The lowest BCUT2D eigenvalue weighted by atomic mass is 10.2. The van der Waals surface area contributed by atoms with Crippen molar-refractivity contribution < 1.29 is 31.1 Å². The van der Waals surface area contributed by atoms with Crippen LogP contribution < -0.4 is 10.1 Å². The maximum Gasteiger partial charge on any atom is 0.422 e. The van der Waals surface area contributed by atoms with E-state index in [0.717, 1.165) is 25.2 Å². The molecule has 1 aromatic carbocycles. The fourth-order valence-electron chi connectivity index (χ4n) is 2.82. The highest BCUT2D eigenvalue weighted by Gasteiger charge is 2.29. The summed E-state index contributed by atoms with van der Waals surface area (Å²) in [5.74, 6) is -0.607. The molecule has 0 aliphatic carbocycles. The number of anilines is 1. The molecule has 0 bridgehead atoms. The number of nitrogens with zero attached hydrogens (tertiary/aromatic N) is 3. The molecule has 0 atom stereocenters. The van der Waals surface area contributed by atoms with Crippen molar-refractivity contribution in [3.8, 4) is 5.88 Å². The third-order valence-electron chi connectivity index (χ3n) is 4.41. The second-order valence-electron chi connectivity index (χ2n) is 6.90. The van der Waals surface area contributed by atoms with Crippen molar-refractivity contribution in [3.63, 3.8) is 0 Å². The number of ether oxygens (including phenoxy) is 1. The molecule has 2 aromatic rings. The highest BCUT2D eigenvalue weighted by atomic mass is 35.5. The molecule has 1 saturated heterocycles. The second kappa shape index (κ2) is 9.33. The SMILES string of the molecule is CN1CCC/C1=N/S(=O)(=O)c1ccc(NC(=O)c2cnc(OCC(F)(F)F)c(Cl)c2)cc1. The Balaban J connectivity index is 1.68. The first-order valence-electron chi connectivity index (χ1n) is 9.26. The molecule has 1 fully saturated rings. The smallest absolute Gasteiger partial charge is 0.422 e. The average molecular weight is 491 g/mol. The third kappa shape index (κ3) is 6.10. The Morgan fingerprint density at radius 2 is 2.00 bits per heavy atom. The van der Waals surface area contributed by atoms with E-state index < -0.39 is 34.6 Å². The van der Waals surface area contributed by atoms with Crippen LogP contribution in [0.2, 0.25) is 5.02 Å². The Morgan fingerprint density at radius 1 is 1.31 bits per heavy atom. The lowest BCUT2D eigenvalue weighted by molar-refractivity contribution is -0.154. The maximum atomic E-state index is 12.5. The van der Waals surface area contributed by atoms with E-state index in [1.807, 2.05) is 0 Å². The van der Waals surface area contributed by atoms with Crippen LogP contribution in [0.5, 0.6) is 5.88 Å². The first-order valence-corrected chi connectivity index (χ1v) is 11.1. The number of nitrogens with one attached hydrogen (secondary N) is 1. The number of rotatable bonds is 6. The van der Waals surface area contributed by atoms with Gasteiger partial charge in [0.1, 0.15) is 10.9 Å². The van der Waals surface area contributed by atoms with E-state index in [-0.39, 0.29) is 21.2 Å². The molecule has 1 amide bonds. The standard InChI is InChI=1S/C19H18ClF3N4O4S/c1-27-8-2-3-16(27)26-32(29,30)14-6-4-13(5-7-14)25-17(28)12-9-15(20)18(24-10-12)31-11-19(21,22)23/h4-7,9-10H,2-3,8,11H2,1H3,(H,25,28)/b26-16-. The van der Waals surface area contributed by atoms with Gasteiger partial charge in [-0.1, -0.05) is 11.6 Å². The van der Waals surface area contributed by atoms with Gasteiger partial charge in [-0.3, -0.25) is 4.79 Å². The van der Waals surface area contributed by atoms with E-state index in [9.17, 15) is 26.4 Å². The highest BCUT2D eigenvalue weighted by molar-refractivity contribution is 7.90. The fraction of sp³-hybridized carbons (Fsp3) is 0.316. The summed E-state index contributed by atoms with van der Waals surface area (Å²) < 4.78 is 70.0. The van der Waals surface area contributed by atoms with Gasteiger partial charge >= 0.3 is 6.18 Å². The first kappa shape index (κ1) is 23.8. The van der Waals surface area contributed by atoms with Crippen LogP contribution in [-0.2, 0) is 10.0 Å². The Labute approximate surface area is 187 Å². The number of halogens is 4. The van der Waals surface area contributed by atoms with Gasteiger partial charge in [0.05, 0.1) is 10.5 Å². The molecule has 1 aliphatic rings. The zero-order valence-electron chi connectivity index (χ0n) is 16.7. The van der Waals surface area contributed by atoms with Crippen LogP contribution in [0.4, 0.5) is 18.9 Å². The van der Waals surface area contributed by atoms with Crippen LogP contribution in [0.1, 0.15) is 23.2 Å². The lowest BCUT2D eigenvalue weighted by Gasteiger charge is -2.11. The molecule has 3 rings (SSSR count). The predicted octanol–water partition coefficient (Wildman–Crippen LogP) is 3.74. The Kier molecular flexibility index (Phi) is 6.94. The van der Waals surface area contributed by atoms with Crippen molar-refractivity contribution in [2.75, 3.05) is 25.5 Å². The minimum absolute atomic E-state index is 0.0262. The van der Waals surface area contributed by atoms with Gasteiger partial charge in [-0.2, -0.15) is 21.6 Å². The van der Waals surface area contributed by atoms with Crippen LogP contribution >= 0.6 is 11.6 Å². The fourth-order valence-corrected chi connectivity index (χ4v) is 4.13. The van der Waals surface area contributed by atoms with E-state index in [0.29, 0.717) is 12.3 Å². The summed E-state index contributed by atoms with van der Waals surface area (Å²) in [6, 6.07) is 6.51. The quantitative estimate of drug-likeness (QED) is 0.662. The summed E-state index contributed by atoms with van der Waals surface area (Å²) in [6.45, 7) is -0.823. The molecule has 8 nitrogen and oxygen atoms in total. The minimum atomic E-state index is -4.56. The number of pyridine rings is 1. The van der Waals surface area contributed by atoms with Crippen LogP contribution in [0, 0.1) is 0 Å². The molecule has 0 unspecified atom stereocenters. The van der Waals surface area contributed by atoms with Gasteiger partial charge in [-0.15, -0.1) is 4.40 Å². The number of amides is 1. The Hall–Kier alpha value is -2.86. The molecule has 1 aromatic heterocycles. The van der Waals surface area contributed by atoms with Gasteiger partial charge in [-0.25, -0.2) is 4.98 Å². The summed E-state index contributed by atoms with van der Waals surface area (Å²) in [5, 5.41) is 2.26. The van der Waals surface area contributed by atoms with Gasteiger partial charge in [0.15, 0.2) is 6.61 Å². The number of alkyl halides is 3. The summed E-state index contributed by atoms with van der Waals surface area (Å²) >= 11 is 5.84. The molecule has 0 spiro atoms. The van der Waals surface area contributed by atoms with E-state index in [2.05, 4.69) is 19.4 Å². The van der Waals surface area contributed by atoms with Crippen molar-refractivity contribution in [2.45, 2.75) is 23.9 Å². The highest BCUT2D eigenvalue weighted by Crippen LogP contribution is 2.26. The average Bonchev–Trinajstić information content (AvgIpc) is 3.10. The number of aromatic nitrogens is 1. The molecule has 13 heteroatoms. The van der Waals surface area contributed by atoms with Crippen LogP contribution in [0.15, 0.2) is 45.8 Å². The second-order valence-corrected chi connectivity index (χ2v) is 8.91. The molecule has 0 radical (unpaired) electrons. The van der Waals surface area contributed by atoms with Crippen molar-refractivity contribution in [2.24, 2.45) is 4.40 Å². The number of amidine groups is 1. The van der Waals surface area contributed by atoms with Gasteiger partial charge in [-0.05, 0) is 36.8 Å². The summed E-state index contributed by atoms with van der Waals surface area (Å²) in [6.07, 6.45) is -2.12. The number of carbonyl (C=O) groups is 1. The van der Waals surface area contributed by atoms with Crippen molar-refractivity contribution in [1.82, 2.24) is 9.88 Å². The number of likely N-dealkylation sites (tertiary alicyclic amines) is 1. The van der Waals surface area contributed by atoms with Gasteiger partial charge in [0.2, 0.25) is 5.88 Å². The number of carbonyl (C=O) groups excluding carboxylic acids is 1. The molecule has 0 saturated carbocycles. The van der Waals surface area contributed by atoms with Crippen molar-refractivity contribution in [3.05, 3.63) is 47.1 Å². The molecular weight excluding hydrogens is 473 g/mol. The summed E-state index contributed by atoms with van der Waals surface area (Å²) in [7, 11) is -2.11. The van der Waals surface area contributed by atoms with E-state index in [1.165, 1.54) is 24.3 Å². The number of hydrogen-bond donors (Lipinski definition) is 1. The van der Waals surface area contributed by atoms with Crippen LogP contribution in [-0.4, -0.2) is 56.4 Å². The summed E-state index contributed by atoms with van der Waals surface area (Å²) in [5.41, 5.74) is 0.259. The summed E-state index contributed by atoms with van der Waals surface area (Å²) in [4.78, 5) is 17.8. The molecule has 32 heavy (non-hydrogen) atoms.